The molecule has 0 bridgehead atoms. The Balaban J connectivity index is 1.56. The van der Waals surface area contributed by atoms with Gasteiger partial charge in [0.05, 0.1) is 39.2 Å². The number of aromatic nitrogens is 1. The topological polar surface area (TPSA) is 156 Å². The Morgan fingerprint density at radius 1 is 1.07 bits per heavy atom. The number of aliphatic hydroxyl groups is 1. The fraction of sp³-hybridized carbons (Fsp3) is 0.438. The molecular weight excluding hydrogens is 601 g/mol. The van der Waals surface area contributed by atoms with Crippen LogP contribution in [0.1, 0.15) is 30.4 Å². The maximum absolute atomic E-state index is 13.9. The van der Waals surface area contributed by atoms with Crippen molar-refractivity contribution in [2.45, 2.75) is 49.1 Å². The summed E-state index contributed by atoms with van der Waals surface area (Å²) >= 11 is 0. The number of amides is 1. The molecule has 2 atom stereocenters. The van der Waals surface area contributed by atoms with Gasteiger partial charge in [0.2, 0.25) is 15.9 Å². The molecule has 0 aliphatic carbocycles. The predicted molar refractivity (Wildman–Crippen MR) is 171 cm³/mol. The fourth-order valence-corrected chi connectivity index (χ4v) is 6.82. The van der Waals surface area contributed by atoms with E-state index in [-0.39, 0.29) is 35.4 Å². The number of sulfonamides is 1. The van der Waals surface area contributed by atoms with E-state index >= 15 is 0 Å². The number of hydrogen-bond donors (Lipinski definition) is 4. The maximum Gasteiger partial charge on any atom is 0.244 e. The van der Waals surface area contributed by atoms with E-state index in [1.807, 2.05) is 6.07 Å². The first-order chi connectivity index (χ1) is 21.7. The smallest absolute Gasteiger partial charge is 0.244 e. The van der Waals surface area contributed by atoms with Gasteiger partial charge in [0.25, 0.3) is 0 Å². The molecule has 2 aromatic carbocycles. The number of carbonyl (C=O) groups excluding carboxylic acids is 1. The zero-order chi connectivity index (χ0) is 32.4. The number of alkyl halides is 1. The van der Waals surface area contributed by atoms with Crippen LogP contribution in [0.4, 0.5) is 15.8 Å². The zero-order valence-corrected chi connectivity index (χ0v) is 26.4. The van der Waals surface area contributed by atoms with E-state index in [1.54, 1.807) is 48.4 Å². The quantitative estimate of drug-likeness (QED) is 0.183. The first-order valence-corrected chi connectivity index (χ1v) is 16.4. The molecule has 1 amide bonds. The number of aliphatic hydroxyl groups excluding tert-OH is 1. The first-order valence-electron chi connectivity index (χ1n) is 14.9. The van der Waals surface area contributed by atoms with E-state index in [4.69, 9.17) is 15.2 Å². The number of anilines is 2. The Kier molecular flexibility index (Phi) is 12.0. The van der Waals surface area contributed by atoms with Crippen LogP contribution in [0.2, 0.25) is 0 Å². The number of rotatable bonds is 15. The van der Waals surface area contributed by atoms with Crippen molar-refractivity contribution in [1.29, 1.82) is 0 Å². The molecule has 11 nitrogen and oxygen atoms in total. The molecule has 0 radical (unpaired) electrons. The average molecular weight is 644 g/mol. The highest BCUT2D eigenvalue weighted by Gasteiger charge is 2.33. The molecule has 4 rings (SSSR count). The predicted octanol–water partition coefficient (Wildman–Crippen LogP) is 3.18. The van der Waals surface area contributed by atoms with Crippen molar-refractivity contribution in [3.8, 4) is 11.5 Å². The molecule has 13 heteroatoms. The van der Waals surface area contributed by atoms with Gasteiger partial charge in [-0.1, -0.05) is 18.2 Å². The Hall–Kier alpha value is -3.94. The summed E-state index contributed by atoms with van der Waals surface area (Å²) in [6.45, 7) is 0.167. The number of nitrogens with one attached hydrogen (secondary N) is 2. The third-order valence-electron chi connectivity index (χ3n) is 8.04. The molecule has 244 valence electrons. The molecule has 3 aromatic rings. The summed E-state index contributed by atoms with van der Waals surface area (Å²) in [5.74, 6) is 0.949. The number of likely N-dealkylation sites (tertiary alicyclic amines) is 1. The van der Waals surface area contributed by atoms with Gasteiger partial charge in [-0.2, -0.15) is 4.72 Å². The number of ether oxygens (including phenoxy) is 2. The summed E-state index contributed by atoms with van der Waals surface area (Å²) < 4.78 is 54.0. The SMILES string of the molecule is COc1ccc(C[C@@H](CO)Nc2ccncc2S(=O)(=O)N[C@@H](Cc2ccc(N)cc2)C(=O)N2CCC(CCF)CC2)cc1OC. The van der Waals surface area contributed by atoms with Crippen molar-refractivity contribution in [3.63, 3.8) is 0 Å². The van der Waals surface area contributed by atoms with Crippen LogP contribution in [0.25, 0.3) is 0 Å². The Labute approximate surface area is 264 Å². The van der Waals surface area contributed by atoms with Gasteiger partial charge in [-0.15, -0.1) is 0 Å². The van der Waals surface area contributed by atoms with E-state index < -0.39 is 28.8 Å². The standard InChI is InChI=1S/C32H42FN5O6S/c1-43-29-8-5-24(19-30(29)44-2)17-26(21-39)36-27-10-14-35-20-31(27)45(41,42)37-28(18-23-3-6-25(34)7-4-23)32(40)38-15-11-22(9-13-33)12-16-38/h3-8,10,14,19-20,22,26,28,37,39H,9,11-13,15-18,21,34H2,1-2H3,(H,35,36)/t26-,28-/m0/s1. The number of piperidine rings is 1. The summed E-state index contributed by atoms with van der Waals surface area (Å²) in [6, 6.07) is 12.2. The number of nitrogen functional groups attached to an aromatic ring is 1. The van der Waals surface area contributed by atoms with Crippen molar-refractivity contribution in [1.82, 2.24) is 14.6 Å². The van der Waals surface area contributed by atoms with E-state index in [0.717, 1.165) is 11.1 Å². The fourth-order valence-electron chi connectivity index (χ4n) is 5.52. The van der Waals surface area contributed by atoms with Gasteiger partial charge in [0, 0.05) is 31.2 Å². The monoisotopic (exact) mass is 643 g/mol. The molecule has 0 unspecified atom stereocenters. The number of carbonyl (C=O) groups is 1. The second kappa shape index (κ2) is 15.9. The van der Waals surface area contributed by atoms with Gasteiger partial charge < -0.3 is 30.5 Å². The van der Waals surface area contributed by atoms with Gasteiger partial charge in [-0.25, -0.2) is 8.42 Å². The van der Waals surface area contributed by atoms with Crippen molar-refractivity contribution in [3.05, 3.63) is 72.1 Å². The van der Waals surface area contributed by atoms with Crippen molar-refractivity contribution in [2.24, 2.45) is 5.92 Å². The lowest BCUT2D eigenvalue weighted by Gasteiger charge is -2.34. The van der Waals surface area contributed by atoms with Crippen molar-refractivity contribution in [2.75, 3.05) is 51.6 Å². The third kappa shape index (κ3) is 9.05. The molecule has 45 heavy (non-hydrogen) atoms. The minimum absolute atomic E-state index is 0.102. The van der Waals surface area contributed by atoms with E-state index in [9.17, 15) is 22.7 Å². The number of pyridine rings is 1. The lowest BCUT2D eigenvalue weighted by Crippen LogP contribution is -2.51. The van der Waals surface area contributed by atoms with Crippen LogP contribution >= 0.6 is 0 Å². The molecule has 2 heterocycles. The highest BCUT2D eigenvalue weighted by molar-refractivity contribution is 7.89. The molecule has 5 N–H and O–H groups in total. The zero-order valence-electron chi connectivity index (χ0n) is 25.6. The highest BCUT2D eigenvalue weighted by Crippen LogP contribution is 2.29. The summed E-state index contributed by atoms with van der Waals surface area (Å²) in [5.41, 5.74) is 8.18. The van der Waals surface area contributed by atoms with Gasteiger partial charge >= 0.3 is 0 Å². The number of benzene rings is 2. The minimum Gasteiger partial charge on any atom is -0.493 e. The van der Waals surface area contributed by atoms with Gasteiger partial charge in [0.1, 0.15) is 10.9 Å². The van der Waals surface area contributed by atoms with Crippen LogP contribution in [0.3, 0.4) is 0 Å². The van der Waals surface area contributed by atoms with E-state index in [0.29, 0.717) is 56.0 Å². The number of nitrogens with zero attached hydrogens (tertiary/aromatic N) is 2. The second-order valence-electron chi connectivity index (χ2n) is 11.2. The Bertz CT molecular complexity index is 1520. The maximum atomic E-state index is 13.9. The molecule has 1 saturated heterocycles. The summed E-state index contributed by atoms with van der Waals surface area (Å²) in [7, 11) is -1.21. The molecule has 1 fully saturated rings. The molecule has 0 saturated carbocycles. The van der Waals surface area contributed by atoms with Crippen molar-refractivity contribution < 1.29 is 32.2 Å². The summed E-state index contributed by atoms with van der Waals surface area (Å²) in [5, 5.41) is 13.3. The van der Waals surface area contributed by atoms with E-state index in [2.05, 4.69) is 15.0 Å². The lowest BCUT2D eigenvalue weighted by atomic mass is 9.93. The molecular formula is C32H42FN5O6S. The first kappa shape index (κ1) is 33.9. The van der Waals surface area contributed by atoms with Crippen LogP contribution in [0, 0.1) is 5.92 Å². The Morgan fingerprint density at radius 3 is 2.40 bits per heavy atom. The largest absolute Gasteiger partial charge is 0.493 e. The number of methoxy groups -OCH3 is 2. The summed E-state index contributed by atoms with van der Waals surface area (Å²) in [6.07, 6.45) is 4.90. The average Bonchev–Trinajstić information content (AvgIpc) is 3.05. The summed E-state index contributed by atoms with van der Waals surface area (Å²) in [4.78, 5) is 19.3. The third-order valence-corrected chi connectivity index (χ3v) is 9.54. The van der Waals surface area contributed by atoms with E-state index in [1.165, 1.54) is 25.6 Å². The number of halogens is 1. The van der Waals surface area contributed by atoms with Gasteiger partial charge in [-0.05, 0) is 79.5 Å². The van der Waals surface area contributed by atoms with Crippen LogP contribution in [-0.2, 0) is 27.7 Å². The molecule has 1 aromatic heterocycles. The highest BCUT2D eigenvalue weighted by atomic mass is 32.2. The lowest BCUT2D eigenvalue weighted by molar-refractivity contribution is -0.134. The number of hydrogen-bond acceptors (Lipinski definition) is 9. The molecule has 1 aliphatic heterocycles. The minimum atomic E-state index is -4.28. The van der Waals surface area contributed by atoms with Crippen molar-refractivity contribution >= 4 is 27.3 Å². The van der Waals surface area contributed by atoms with Gasteiger partial charge in [0.15, 0.2) is 11.5 Å². The Morgan fingerprint density at radius 2 is 1.76 bits per heavy atom. The van der Waals surface area contributed by atoms with Crippen LogP contribution in [0.15, 0.2) is 65.8 Å². The second-order valence-corrected chi connectivity index (χ2v) is 12.8. The van der Waals surface area contributed by atoms with Crippen LogP contribution in [-0.4, -0.2) is 82.0 Å². The molecule has 0 spiro atoms. The molecule has 1 aliphatic rings. The van der Waals surface area contributed by atoms with Crippen LogP contribution < -0.4 is 25.2 Å². The number of nitrogens with two attached hydrogens (primary N) is 1. The van der Waals surface area contributed by atoms with Crippen LogP contribution in [0.5, 0.6) is 11.5 Å². The van der Waals surface area contributed by atoms with Gasteiger partial charge in [-0.3, -0.25) is 14.2 Å². The normalized spacial score (nSPS) is 15.3.